The highest BCUT2D eigenvalue weighted by Gasteiger charge is 2.14. The largest absolute Gasteiger partial charge is 0.310 e. The molecule has 1 aromatic carbocycles. The Bertz CT molecular complexity index is 277. The summed E-state index contributed by atoms with van der Waals surface area (Å²) in [7, 11) is 0. The smallest absolute Gasteiger partial charge is 0.0343 e. The highest BCUT2D eigenvalue weighted by Crippen LogP contribution is 2.21. The van der Waals surface area contributed by atoms with E-state index in [1.54, 1.807) is 0 Å². The van der Waals surface area contributed by atoms with Crippen LogP contribution >= 0.6 is 0 Å². The Labute approximate surface area is 100 Å². The van der Waals surface area contributed by atoms with Gasteiger partial charge >= 0.3 is 0 Å². The van der Waals surface area contributed by atoms with Crippen LogP contribution in [0.2, 0.25) is 0 Å². The molecular weight excluding hydrogens is 194 g/mol. The molecule has 0 amide bonds. The van der Waals surface area contributed by atoms with E-state index in [-0.39, 0.29) is 0 Å². The molecule has 0 aliphatic rings. The molecule has 0 saturated heterocycles. The maximum absolute atomic E-state index is 3.67. The van der Waals surface area contributed by atoms with Crippen molar-refractivity contribution in [3.8, 4) is 0 Å². The number of benzene rings is 1. The molecule has 1 heteroatoms. The first-order valence-electron chi connectivity index (χ1n) is 6.39. The van der Waals surface area contributed by atoms with Crippen molar-refractivity contribution in [2.45, 2.75) is 40.2 Å². The fourth-order valence-electron chi connectivity index (χ4n) is 1.93. The van der Waals surface area contributed by atoms with E-state index in [0.29, 0.717) is 12.0 Å². The monoisotopic (exact) mass is 219 g/mol. The van der Waals surface area contributed by atoms with Crippen LogP contribution in [0.15, 0.2) is 30.3 Å². The summed E-state index contributed by atoms with van der Waals surface area (Å²) in [4.78, 5) is 0. The minimum atomic E-state index is 0.486. The molecule has 1 aromatic rings. The Morgan fingerprint density at radius 1 is 1.00 bits per heavy atom. The average molecular weight is 219 g/mol. The van der Waals surface area contributed by atoms with Gasteiger partial charge in [0.2, 0.25) is 0 Å². The Morgan fingerprint density at radius 3 is 2.12 bits per heavy atom. The van der Waals surface area contributed by atoms with E-state index < -0.39 is 0 Å². The number of rotatable bonds is 6. The van der Waals surface area contributed by atoms with Gasteiger partial charge < -0.3 is 5.32 Å². The van der Waals surface area contributed by atoms with Crippen LogP contribution in [-0.4, -0.2) is 6.54 Å². The van der Waals surface area contributed by atoms with Crippen LogP contribution in [0.25, 0.3) is 0 Å². The van der Waals surface area contributed by atoms with Crippen molar-refractivity contribution in [2.75, 3.05) is 6.54 Å². The van der Waals surface area contributed by atoms with E-state index in [4.69, 9.17) is 0 Å². The molecule has 0 aliphatic heterocycles. The van der Waals surface area contributed by atoms with Crippen molar-refractivity contribution in [3.05, 3.63) is 35.9 Å². The van der Waals surface area contributed by atoms with Crippen molar-refractivity contribution >= 4 is 0 Å². The van der Waals surface area contributed by atoms with Gasteiger partial charge in [0.25, 0.3) is 0 Å². The molecule has 1 atom stereocenters. The molecule has 0 radical (unpaired) electrons. The maximum Gasteiger partial charge on any atom is 0.0343 e. The lowest BCUT2D eigenvalue weighted by molar-refractivity contribution is 0.394. The topological polar surface area (TPSA) is 12.0 Å². The zero-order valence-electron chi connectivity index (χ0n) is 11.0. The Balaban J connectivity index is 2.55. The fourth-order valence-corrected chi connectivity index (χ4v) is 1.93. The molecule has 90 valence electrons. The maximum atomic E-state index is 3.67. The lowest BCUT2D eigenvalue weighted by Gasteiger charge is -2.23. The fraction of sp³-hybridized carbons (Fsp3) is 0.600. The number of nitrogens with one attached hydrogen (secondary N) is 1. The van der Waals surface area contributed by atoms with Crippen molar-refractivity contribution in [2.24, 2.45) is 11.8 Å². The van der Waals surface area contributed by atoms with Gasteiger partial charge in [0.05, 0.1) is 0 Å². The molecule has 1 rings (SSSR count). The van der Waals surface area contributed by atoms with Crippen molar-refractivity contribution in [1.29, 1.82) is 0 Å². The SMILES string of the molecule is CC(C)CCNC(c1ccccc1)C(C)C. The minimum Gasteiger partial charge on any atom is -0.310 e. The summed E-state index contributed by atoms with van der Waals surface area (Å²) in [6, 6.07) is 11.2. The van der Waals surface area contributed by atoms with Crippen LogP contribution in [0, 0.1) is 11.8 Å². The first-order chi connectivity index (χ1) is 7.61. The van der Waals surface area contributed by atoms with Crippen molar-refractivity contribution in [1.82, 2.24) is 5.32 Å². The molecule has 16 heavy (non-hydrogen) atoms. The standard InChI is InChI=1S/C15H25N/c1-12(2)10-11-16-15(13(3)4)14-8-6-5-7-9-14/h5-9,12-13,15-16H,10-11H2,1-4H3. The minimum absolute atomic E-state index is 0.486. The first-order valence-corrected chi connectivity index (χ1v) is 6.39. The summed E-state index contributed by atoms with van der Waals surface area (Å²) in [5, 5.41) is 3.67. The molecule has 0 bridgehead atoms. The second-order valence-electron chi connectivity index (χ2n) is 5.27. The van der Waals surface area contributed by atoms with E-state index in [9.17, 15) is 0 Å². The van der Waals surface area contributed by atoms with Crippen molar-refractivity contribution < 1.29 is 0 Å². The van der Waals surface area contributed by atoms with Crippen LogP contribution in [0.1, 0.15) is 45.7 Å². The van der Waals surface area contributed by atoms with E-state index >= 15 is 0 Å². The molecule has 1 unspecified atom stereocenters. The third-order valence-corrected chi connectivity index (χ3v) is 2.91. The van der Waals surface area contributed by atoms with Gasteiger partial charge in [-0.15, -0.1) is 0 Å². The predicted octanol–water partition coefficient (Wildman–Crippen LogP) is 4.02. The van der Waals surface area contributed by atoms with E-state index in [1.807, 2.05) is 0 Å². The van der Waals surface area contributed by atoms with Gasteiger partial charge in [-0.25, -0.2) is 0 Å². The highest BCUT2D eigenvalue weighted by atomic mass is 14.9. The van der Waals surface area contributed by atoms with Gasteiger partial charge in [0, 0.05) is 6.04 Å². The third-order valence-electron chi connectivity index (χ3n) is 2.91. The third kappa shape index (κ3) is 4.36. The van der Waals surface area contributed by atoms with Crippen LogP contribution < -0.4 is 5.32 Å². The van der Waals surface area contributed by atoms with Gasteiger partial charge in [-0.3, -0.25) is 0 Å². The van der Waals surface area contributed by atoms with E-state index in [0.717, 1.165) is 12.5 Å². The molecular formula is C15H25N. The summed E-state index contributed by atoms with van der Waals surface area (Å²) in [5.41, 5.74) is 1.40. The molecule has 0 saturated carbocycles. The summed E-state index contributed by atoms with van der Waals surface area (Å²) in [5.74, 6) is 1.41. The second kappa shape index (κ2) is 6.70. The quantitative estimate of drug-likeness (QED) is 0.762. The van der Waals surface area contributed by atoms with Crippen LogP contribution in [-0.2, 0) is 0 Å². The van der Waals surface area contributed by atoms with E-state index in [1.165, 1.54) is 12.0 Å². The van der Waals surface area contributed by atoms with Gasteiger partial charge in [-0.05, 0) is 30.4 Å². The summed E-state index contributed by atoms with van der Waals surface area (Å²) < 4.78 is 0. The van der Waals surface area contributed by atoms with Gasteiger partial charge in [0.1, 0.15) is 0 Å². The Morgan fingerprint density at radius 2 is 1.62 bits per heavy atom. The van der Waals surface area contributed by atoms with Crippen LogP contribution in [0.3, 0.4) is 0 Å². The summed E-state index contributed by atoms with van der Waals surface area (Å²) in [6.07, 6.45) is 1.25. The van der Waals surface area contributed by atoms with Crippen molar-refractivity contribution in [3.63, 3.8) is 0 Å². The zero-order chi connectivity index (χ0) is 12.0. The first kappa shape index (κ1) is 13.2. The Hall–Kier alpha value is -0.820. The second-order valence-corrected chi connectivity index (χ2v) is 5.27. The van der Waals surface area contributed by atoms with Gasteiger partial charge in [-0.2, -0.15) is 0 Å². The molecule has 1 N–H and O–H groups in total. The van der Waals surface area contributed by atoms with Gasteiger partial charge in [0.15, 0.2) is 0 Å². The molecule has 1 nitrogen and oxygen atoms in total. The van der Waals surface area contributed by atoms with E-state index in [2.05, 4.69) is 63.3 Å². The predicted molar refractivity (Wildman–Crippen MR) is 71.5 cm³/mol. The zero-order valence-corrected chi connectivity index (χ0v) is 11.0. The lowest BCUT2D eigenvalue weighted by atomic mass is 9.96. The normalized spacial score (nSPS) is 13.4. The van der Waals surface area contributed by atoms with Crippen LogP contribution in [0.4, 0.5) is 0 Å². The molecule has 0 fully saturated rings. The molecule has 0 heterocycles. The average Bonchev–Trinajstić information content (AvgIpc) is 2.25. The van der Waals surface area contributed by atoms with Crippen LogP contribution in [0.5, 0.6) is 0 Å². The highest BCUT2D eigenvalue weighted by molar-refractivity contribution is 5.19. The molecule has 0 aromatic heterocycles. The summed E-state index contributed by atoms with van der Waals surface area (Å²) in [6.45, 7) is 10.2. The van der Waals surface area contributed by atoms with Gasteiger partial charge in [-0.1, -0.05) is 58.0 Å². The Kier molecular flexibility index (Phi) is 5.54. The number of hydrogen-bond donors (Lipinski definition) is 1. The lowest BCUT2D eigenvalue weighted by Crippen LogP contribution is -2.27. The summed E-state index contributed by atoms with van der Waals surface area (Å²) >= 11 is 0. The number of hydrogen-bond acceptors (Lipinski definition) is 1. The molecule has 0 spiro atoms. The molecule has 0 aliphatic carbocycles.